The Morgan fingerprint density at radius 3 is 2.72 bits per heavy atom. The average molecular weight is 274 g/mol. The van der Waals surface area contributed by atoms with Crippen LogP contribution >= 0.6 is 0 Å². The van der Waals surface area contributed by atoms with Crippen molar-refractivity contribution in [2.24, 2.45) is 5.92 Å². The van der Waals surface area contributed by atoms with Crippen LogP contribution in [-0.4, -0.2) is 42.8 Å². The van der Waals surface area contributed by atoms with Crippen molar-refractivity contribution in [1.29, 1.82) is 5.26 Å². The van der Waals surface area contributed by atoms with E-state index in [4.69, 9.17) is 10.4 Å². The van der Waals surface area contributed by atoms with E-state index in [0.717, 1.165) is 12.8 Å². The molecule has 18 heavy (non-hydrogen) atoms. The molecule has 0 aliphatic carbocycles. The fourth-order valence-corrected chi connectivity index (χ4v) is 4.18. The summed E-state index contributed by atoms with van der Waals surface area (Å²) < 4.78 is 25.9. The fraction of sp³-hybridized carbons (Fsp3) is 0.917. The molecule has 0 aromatic heterocycles. The van der Waals surface area contributed by atoms with E-state index in [2.05, 4.69) is 0 Å². The highest BCUT2D eigenvalue weighted by Crippen LogP contribution is 2.24. The summed E-state index contributed by atoms with van der Waals surface area (Å²) in [6.45, 7) is 2.39. The number of piperidine rings is 1. The first-order valence-electron chi connectivity index (χ1n) is 6.48. The number of nitriles is 1. The molecule has 1 aliphatic heterocycles. The molecule has 2 atom stereocenters. The van der Waals surface area contributed by atoms with Crippen LogP contribution in [-0.2, 0) is 10.0 Å². The number of hydrogen-bond acceptors (Lipinski definition) is 4. The van der Waals surface area contributed by atoms with Crippen LogP contribution in [0.1, 0.15) is 39.0 Å². The van der Waals surface area contributed by atoms with E-state index in [1.165, 1.54) is 4.31 Å². The molecule has 0 radical (unpaired) electrons. The molecule has 104 valence electrons. The molecular weight excluding hydrogens is 252 g/mol. The quantitative estimate of drug-likeness (QED) is 0.735. The lowest BCUT2D eigenvalue weighted by Gasteiger charge is -2.36. The highest BCUT2D eigenvalue weighted by atomic mass is 32.2. The van der Waals surface area contributed by atoms with Crippen molar-refractivity contribution in [3.63, 3.8) is 0 Å². The van der Waals surface area contributed by atoms with Crippen molar-refractivity contribution in [2.45, 2.75) is 45.1 Å². The maximum Gasteiger partial charge on any atom is 0.214 e. The zero-order chi connectivity index (χ0) is 13.6. The Labute approximate surface area is 109 Å². The molecule has 1 heterocycles. The second-order valence-corrected chi connectivity index (χ2v) is 7.02. The number of nitrogens with zero attached hydrogens (tertiary/aromatic N) is 2. The molecular formula is C12H22N2O3S. The Balaban J connectivity index is 2.56. The number of unbranched alkanes of at least 4 members (excludes halogenated alkanes) is 2. The summed E-state index contributed by atoms with van der Waals surface area (Å²) in [5, 5.41) is 17.6. The van der Waals surface area contributed by atoms with Crippen molar-refractivity contribution in [3.05, 3.63) is 0 Å². The molecule has 1 aliphatic rings. The monoisotopic (exact) mass is 274 g/mol. The van der Waals surface area contributed by atoms with Gasteiger partial charge in [0.1, 0.15) is 0 Å². The van der Waals surface area contributed by atoms with Gasteiger partial charge in [-0.15, -0.1) is 0 Å². The second kappa shape index (κ2) is 7.07. The van der Waals surface area contributed by atoms with Gasteiger partial charge in [0.2, 0.25) is 10.0 Å². The smallest absolute Gasteiger partial charge is 0.214 e. The Morgan fingerprint density at radius 1 is 1.39 bits per heavy atom. The van der Waals surface area contributed by atoms with Gasteiger partial charge in [-0.05, 0) is 38.5 Å². The SMILES string of the molecule is CC1CCC(CO)CN1S(=O)(=O)CCCCC#N. The van der Waals surface area contributed by atoms with Crippen molar-refractivity contribution in [3.8, 4) is 6.07 Å². The molecule has 2 unspecified atom stereocenters. The van der Waals surface area contributed by atoms with Crippen molar-refractivity contribution < 1.29 is 13.5 Å². The maximum atomic E-state index is 12.2. The summed E-state index contributed by atoms with van der Waals surface area (Å²) >= 11 is 0. The molecule has 1 fully saturated rings. The molecule has 1 saturated heterocycles. The number of aliphatic hydroxyl groups excluding tert-OH is 1. The lowest BCUT2D eigenvalue weighted by Crippen LogP contribution is -2.47. The van der Waals surface area contributed by atoms with Crippen LogP contribution in [0.5, 0.6) is 0 Å². The van der Waals surface area contributed by atoms with Crippen molar-refractivity contribution in [1.82, 2.24) is 4.31 Å². The van der Waals surface area contributed by atoms with Gasteiger partial charge in [-0.3, -0.25) is 0 Å². The second-order valence-electron chi connectivity index (χ2n) is 4.98. The van der Waals surface area contributed by atoms with Crippen LogP contribution in [0.15, 0.2) is 0 Å². The van der Waals surface area contributed by atoms with E-state index in [1.54, 1.807) is 0 Å². The topological polar surface area (TPSA) is 81.4 Å². The summed E-state index contributed by atoms with van der Waals surface area (Å²) in [6, 6.07) is 2.04. The van der Waals surface area contributed by atoms with Crippen molar-refractivity contribution in [2.75, 3.05) is 18.9 Å². The van der Waals surface area contributed by atoms with Gasteiger partial charge in [0.05, 0.1) is 11.8 Å². The lowest BCUT2D eigenvalue weighted by atomic mass is 9.96. The Bertz CT molecular complexity index is 389. The molecule has 0 aromatic rings. The van der Waals surface area contributed by atoms with Gasteiger partial charge in [-0.1, -0.05) is 0 Å². The number of hydrogen-bond donors (Lipinski definition) is 1. The number of rotatable bonds is 6. The molecule has 6 heteroatoms. The Kier molecular flexibility index (Phi) is 6.06. The number of aliphatic hydroxyl groups is 1. The molecule has 0 bridgehead atoms. The largest absolute Gasteiger partial charge is 0.396 e. The van der Waals surface area contributed by atoms with Gasteiger partial charge in [-0.2, -0.15) is 9.57 Å². The van der Waals surface area contributed by atoms with Crippen LogP contribution < -0.4 is 0 Å². The van der Waals surface area contributed by atoms with E-state index in [-0.39, 0.29) is 24.3 Å². The van der Waals surface area contributed by atoms with E-state index < -0.39 is 10.0 Å². The molecule has 0 spiro atoms. The van der Waals surface area contributed by atoms with Crippen molar-refractivity contribution >= 4 is 10.0 Å². The minimum Gasteiger partial charge on any atom is -0.396 e. The standard InChI is InChI=1S/C12H22N2O3S/c1-11-5-6-12(10-15)9-14(11)18(16,17)8-4-2-3-7-13/h11-12,15H,2-6,8-10H2,1H3. The zero-order valence-corrected chi connectivity index (χ0v) is 11.7. The minimum atomic E-state index is -3.24. The summed E-state index contributed by atoms with van der Waals surface area (Å²) in [5.41, 5.74) is 0. The third-order valence-electron chi connectivity index (χ3n) is 3.48. The van der Waals surface area contributed by atoms with Crippen LogP contribution in [0.3, 0.4) is 0 Å². The summed E-state index contributed by atoms with van der Waals surface area (Å²) in [7, 11) is -3.24. The first-order valence-corrected chi connectivity index (χ1v) is 8.09. The lowest BCUT2D eigenvalue weighted by molar-refractivity contribution is 0.139. The zero-order valence-electron chi connectivity index (χ0n) is 10.9. The molecule has 5 nitrogen and oxygen atoms in total. The van der Waals surface area contributed by atoms with E-state index in [9.17, 15) is 8.42 Å². The van der Waals surface area contributed by atoms with Gasteiger partial charge in [0.25, 0.3) is 0 Å². The first kappa shape index (κ1) is 15.4. The summed E-state index contributed by atoms with van der Waals surface area (Å²) in [6.07, 6.45) is 3.26. The van der Waals surface area contributed by atoms with Gasteiger partial charge >= 0.3 is 0 Å². The summed E-state index contributed by atoms with van der Waals surface area (Å²) in [5.74, 6) is 0.173. The van der Waals surface area contributed by atoms with E-state index in [1.807, 2.05) is 13.0 Å². The van der Waals surface area contributed by atoms with E-state index >= 15 is 0 Å². The molecule has 1 N–H and O–H groups in total. The summed E-state index contributed by atoms with van der Waals surface area (Å²) in [4.78, 5) is 0. The molecule has 0 aromatic carbocycles. The van der Waals surface area contributed by atoms with Gasteiger partial charge in [-0.25, -0.2) is 8.42 Å². The van der Waals surface area contributed by atoms with Crippen LogP contribution in [0.4, 0.5) is 0 Å². The van der Waals surface area contributed by atoms with Crippen LogP contribution in [0.25, 0.3) is 0 Å². The normalized spacial score (nSPS) is 25.8. The molecule has 1 rings (SSSR count). The molecule has 0 amide bonds. The Hall–Kier alpha value is -0.640. The third-order valence-corrected chi connectivity index (χ3v) is 5.51. The van der Waals surface area contributed by atoms with Crippen LogP contribution in [0, 0.1) is 17.2 Å². The highest BCUT2D eigenvalue weighted by Gasteiger charge is 2.32. The third kappa shape index (κ3) is 4.23. The first-order chi connectivity index (χ1) is 8.51. The molecule has 0 saturated carbocycles. The van der Waals surface area contributed by atoms with Gasteiger partial charge < -0.3 is 5.11 Å². The predicted octanol–water partition coefficient (Wildman–Crippen LogP) is 1.10. The highest BCUT2D eigenvalue weighted by molar-refractivity contribution is 7.89. The Morgan fingerprint density at radius 2 is 2.11 bits per heavy atom. The maximum absolute atomic E-state index is 12.2. The minimum absolute atomic E-state index is 0.0220. The predicted molar refractivity (Wildman–Crippen MR) is 69.2 cm³/mol. The fourth-order valence-electron chi connectivity index (χ4n) is 2.29. The number of sulfonamides is 1. The van der Waals surface area contributed by atoms with Gasteiger partial charge in [0.15, 0.2) is 0 Å². The van der Waals surface area contributed by atoms with Gasteiger partial charge in [0, 0.05) is 25.6 Å². The van der Waals surface area contributed by atoms with Crippen LogP contribution in [0.2, 0.25) is 0 Å². The van der Waals surface area contributed by atoms with E-state index in [0.29, 0.717) is 25.8 Å². The average Bonchev–Trinajstić information content (AvgIpc) is 2.35.